The minimum Gasteiger partial charge on any atom is -0.368 e. The lowest BCUT2D eigenvalue weighted by Gasteiger charge is -2.28. The SMILES string of the molecule is CN1CCCn2c(-c3cc(F)c(F)cc3F)nc(C(=O)N[C@H](C(N)=O)C(C)(C)C)c2C1. The van der Waals surface area contributed by atoms with Crippen molar-refractivity contribution in [3.63, 3.8) is 0 Å². The number of hydrogen-bond donors (Lipinski definition) is 2. The number of hydrogen-bond acceptors (Lipinski definition) is 4. The van der Waals surface area contributed by atoms with Crippen molar-refractivity contribution in [2.45, 2.75) is 46.3 Å². The Balaban J connectivity index is 2.13. The van der Waals surface area contributed by atoms with E-state index in [-0.39, 0.29) is 17.1 Å². The van der Waals surface area contributed by atoms with Crippen LogP contribution in [0.4, 0.5) is 13.2 Å². The Morgan fingerprint density at radius 2 is 1.77 bits per heavy atom. The molecule has 10 heteroatoms. The molecule has 1 aromatic carbocycles. The molecule has 2 aromatic rings. The van der Waals surface area contributed by atoms with Crippen molar-refractivity contribution in [1.29, 1.82) is 0 Å². The molecule has 7 nitrogen and oxygen atoms in total. The molecule has 0 radical (unpaired) electrons. The molecular formula is C21H26F3N5O2. The van der Waals surface area contributed by atoms with Crippen LogP contribution < -0.4 is 11.1 Å². The number of nitrogens with two attached hydrogens (primary N) is 1. The summed E-state index contributed by atoms with van der Waals surface area (Å²) in [5.74, 6) is -4.83. The smallest absolute Gasteiger partial charge is 0.272 e. The van der Waals surface area contributed by atoms with Crippen LogP contribution in [0.5, 0.6) is 0 Å². The van der Waals surface area contributed by atoms with Gasteiger partial charge in [0.15, 0.2) is 17.3 Å². The second-order valence-electron chi connectivity index (χ2n) is 8.89. The highest BCUT2D eigenvalue weighted by molar-refractivity contribution is 5.97. The van der Waals surface area contributed by atoms with Crippen molar-refractivity contribution in [2.24, 2.45) is 11.1 Å². The fourth-order valence-electron chi connectivity index (χ4n) is 3.72. The lowest BCUT2D eigenvalue weighted by Crippen LogP contribution is -2.52. The first kappa shape index (κ1) is 22.8. The number of halogens is 3. The van der Waals surface area contributed by atoms with Gasteiger partial charge in [0.2, 0.25) is 5.91 Å². The summed E-state index contributed by atoms with van der Waals surface area (Å²) in [5.41, 5.74) is 5.06. The second kappa shape index (κ2) is 8.33. The van der Waals surface area contributed by atoms with Gasteiger partial charge in [0, 0.05) is 19.2 Å². The van der Waals surface area contributed by atoms with Gasteiger partial charge in [-0.25, -0.2) is 18.2 Å². The van der Waals surface area contributed by atoms with E-state index in [1.165, 1.54) is 0 Å². The van der Waals surface area contributed by atoms with Gasteiger partial charge in [0.05, 0.1) is 11.3 Å². The number of nitrogens with zero attached hydrogens (tertiary/aromatic N) is 3. The monoisotopic (exact) mass is 437 g/mol. The summed E-state index contributed by atoms with van der Waals surface area (Å²) >= 11 is 0. The van der Waals surface area contributed by atoms with Gasteiger partial charge in [-0.15, -0.1) is 0 Å². The number of benzene rings is 1. The summed E-state index contributed by atoms with van der Waals surface area (Å²) < 4.78 is 43.5. The van der Waals surface area contributed by atoms with Gasteiger partial charge in [-0.2, -0.15) is 0 Å². The van der Waals surface area contributed by atoms with Crippen LogP contribution in [0.1, 0.15) is 43.4 Å². The number of nitrogens with one attached hydrogen (secondary N) is 1. The number of imidazole rings is 1. The van der Waals surface area contributed by atoms with E-state index >= 15 is 0 Å². The first-order valence-corrected chi connectivity index (χ1v) is 9.93. The summed E-state index contributed by atoms with van der Waals surface area (Å²) in [4.78, 5) is 31.3. The number of amides is 2. The molecule has 0 fully saturated rings. The second-order valence-corrected chi connectivity index (χ2v) is 8.89. The summed E-state index contributed by atoms with van der Waals surface area (Å²) in [7, 11) is 1.86. The molecule has 2 amide bonds. The Kier molecular flexibility index (Phi) is 6.13. The molecule has 0 unspecified atom stereocenters. The number of rotatable bonds is 4. The normalized spacial score (nSPS) is 15.8. The molecule has 2 heterocycles. The molecule has 0 spiro atoms. The van der Waals surface area contributed by atoms with Crippen molar-refractivity contribution in [2.75, 3.05) is 13.6 Å². The standard InChI is InChI=1S/C21H26F3N5O2/c1-21(2,3)17(18(25)30)27-20(31)16-15-10-28(4)6-5-7-29(15)19(26-16)11-8-13(23)14(24)9-12(11)22/h8-9,17H,5-7,10H2,1-4H3,(H2,25,30)(H,27,31)/t17-/m1/s1. The number of fused-ring (bicyclic) bond motifs is 1. The van der Waals surface area contributed by atoms with E-state index < -0.39 is 40.7 Å². The maximum Gasteiger partial charge on any atom is 0.272 e. The van der Waals surface area contributed by atoms with Crippen molar-refractivity contribution < 1.29 is 22.8 Å². The van der Waals surface area contributed by atoms with E-state index in [2.05, 4.69) is 10.3 Å². The Morgan fingerprint density at radius 3 is 2.39 bits per heavy atom. The van der Waals surface area contributed by atoms with Crippen molar-refractivity contribution >= 4 is 11.8 Å². The van der Waals surface area contributed by atoms with E-state index in [0.29, 0.717) is 37.8 Å². The van der Waals surface area contributed by atoms with Crippen LogP contribution in [0, 0.1) is 22.9 Å². The zero-order chi connectivity index (χ0) is 23.1. The molecule has 0 bridgehead atoms. The third-order valence-corrected chi connectivity index (χ3v) is 5.31. The van der Waals surface area contributed by atoms with Crippen molar-refractivity contribution in [1.82, 2.24) is 19.8 Å². The van der Waals surface area contributed by atoms with Crippen LogP contribution in [0.2, 0.25) is 0 Å². The van der Waals surface area contributed by atoms with Crippen molar-refractivity contribution in [3.05, 3.63) is 41.0 Å². The van der Waals surface area contributed by atoms with Crippen LogP contribution in [0.3, 0.4) is 0 Å². The zero-order valence-corrected chi connectivity index (χ0v) is 17.9. The first-order valence-electron chi connectivity index (χ1n) is 9.93. The van der Waals surface area contributed by atoms with Gasteiger partial charge in [0.1, 0.15) is 17.7 Å². The van der Waals surface area contributed by atoms with E-state index in [0.717, 1.165) is 6.07 Å². The largest absolute Gasteiger partial charge is 0.368 e. The van der Waals surface area contributed by atoms with Gasteiger partial charge in [-0.05, 0) is 31.5 Å². The Bertz CT molecular complexity index is 1030. The maximum absolute atomic E-state index is 14.5. The molecule has 1 atom stereocenters. The minimum atomic E-state index is -1.31. The Labute approximate surface area is 178 Å². The van der Waals surface area contributed by atoms with E-state index in [1.54, 1.807) is 25.3 Å². The molecule has 3 rings (SSSR count). The molecule has 0 saturated heterocycles. The summed E-state index contributed by atoms with van der Waals surface area (Å²) in [6, 6.07) is 0.222. The van der Waals surface area contributed by atoms with Crippen LogP contribution in [0.25, 0.3) is 11.4 Å². The third kappa shape index (κ3) is 4.58. The first-order chi connectivity index (χ1) is 14.4. The molecule has 3 N–H and O–H groups in total. The molecule has 168 valence electrons. The van der Waals surface area contributed by atoms with Crippen LogP contribution in [-0.2, 0) is 17.9 Å². The van der Waals surface area contributed by atoms with Crippen LogP contribution in [0.15, 0.2) is 12.1 Å². The molecule has 31 heavy (non-hydrogen) atoms. The fraction of sp³-hybridized carbons (Fsp3) is 0.476. The third-order valence-electron chi connectivity index (χ3n) is 5.31. The van der Waals surface area contributed by atoms with Crippen LogP contribution in [-0.4, -0.2) is 45.9 Å². The highest BCUT2D eigenvalue weighted by Gasteiger charge is 2.34. The fourth-order valence-corrected chi connectivity index (χ4v) is 3.72. The molecule has 0 aliphatic carbocycles. The highest BCUT2D eigenvalue weighted by Crippen LogP contribution is 2.30. The number of carbonyl (C=O) groups is 2. The number of aromatic nitrogens is 2. The Morgan fingerprint density at radius 1 is 1.13 bits per heavy atom. The topological polar surface area (TPSA) is 93.2 Å². The molecule has 0 saturated carbocycles. The molecule has 1 aromatic heterocycles. The zero-order valence-electron chi connectivity index (χ0n) is 17.9. The van der Waals surface area contributed by atoms with Gasteiger partial charge in [-0.1, -0.05) is 20.8 Å². The number of primary amides is 1. The lowest BCUT2D eigenvalue weighted by molar-refractivity contribution is -0.122. The summed E-state index contributed by atoms with van der Waals surface area (Å²) in [6.07, 6.45) is 0.686. The van der Waals surface area contributed by atoms with Crippen LogP contribution >= 0.6 is 0 Å². The van der Waals surface area contributed by atoms with Crippen molar-refractivity contribution in [3.8, 4) is 11.4 Å². The minimum absolute atomic E-state index is 0.0108. The number of carbonyl (C=O) groups excluding carboxylic acids is 2. The lowest BCUT2D eigenvalue weighted by atomic mass is 9.86. The predicted molar refractivity (Wildman–Crippen MR) is 108 cm³/mol. The van der Waals surface area contributed by atoms with Gasteiger partial charge in [-0.3, -0.25) is 9.59 Å². The average molecular weight is 437 g/mol. The molecular weight excluding hydrogens is 411 g/mol. The van der Waals surface area contributed by atoms with Gasteiger partial charge >= 0.3 is 0 Å². The highest BCUT2D eigenvalue weighted by atomic mass is 19.2. The van der Waals surface area contributed by atoms with E-state index in [4.69, 9.17) is 5.73 Å². The predicted octanol–water partition coefficient (Wildman–Crippen LogP) is 2.43. The quantitative estimate of drug-likeness (QED) is 0.719. The maximum atomic E-state index is 14.5. The average Bonchev–Trinajstić information content (AvgIpc) is 2.87. The Hall–Kier alpha value is -2.88. The summed E-state index contributed by atoms with van der Waals surface area (Å²) in [6.45, 7) is 6.73. The van der Waals surface area contributed by atoms with Gasteiger partial charge < -0.3 is 20.5 Å². The molecule has 1 aliphatic heterocycles. The van der Waals surface area contributed by atoms with E-state index in [1.807, 2.05) is 11.9 Å². The van der Waals surface area contributed by atoms with E-state index in [9.17, 15) is 22.8 Å². The summed E-state index contributed by atoms with van der Waals surface area (Å²) in [5, 5.41) is 2.62. The molecule has 1 aliphatic rings. The van der Waals surface area contributed by atoms with Gasteiger partial charge in [0.25, 0.3) is 5.91 Å².